The van der Waals surface area contributed by atoms with Gasteiger partial charge in [0, 0.05) is 6.54 Å². The highest BCUT2D eigenvalue weighted by molar-refractivity contribution is 5.83. The van der Waals surface area contributed by atoms with Crippen LogP contribution in [0.2, 0.25) is 0 Å². The van der Waals surface area contributed by atoms with Gasteiger partial charge in [0.25, 0.3) is 0 Å². The Labute approximate surface area is 143 Å². The van der Waals surface area contributed by atoms with E-state index in [0.717, 1.165) is 48.7 Å². The SMILES string of the molecule is CCCOc1ccc(-c2ccc3nc(NCC)[nH]c3c2)cc1CC. The number of ether oxygens (including phenoxy) is 1. The Hall–Kier alpha value is -2.49. The lowest BCUT2D eigenvalue weighted by atomic mass is 10.0. The zero-order valence-electron chi connectivity index (χ0n) is 14.6. The number of aromatic nitrogens is 2. The molecule has 0 fully saturated rings. The maximum atomic E-state index is 5.84. The molecular formula is C20H25N3O. The van der Waals surface area contributed by atoms with Crippen molar-refractivity contribution in [3.8, 4) is 16.9 Å². The molecule has 0 spiro atoms. The number of fused-ring (bicyclic) bond motifs is 1. The van der Waals surface area contributed by atoms with Crippen LogP contribution in [0.5, 0.6) is 5.75 Å². The first-order valence-electron chi connectivity index (χ1n) is 8.74. The van der Waals surface area contributed by atoms with E-state index in [1.165, 1.54) is 16.7 Å². The topological polar surface area (TPSA) is 49.9 Å². The number of rotatable bonds is 7. The molecule has 126 valence electrons. The Morgan fingerprint density at radius 1 is 1.04 bits per heavy atom. The lowest BCUT2D eigenvalue weighted by molar-refractivity contribution is 0.314. The van der Waals surface area contributed by atoms with Crippen molar-refractivity contribution in [1.82, 2.24) is 9.97 Å². The molecule has 1 heterocycles. The van der Waals surface area contributed by atoms with Crippen LogP contribution in [-0.2, 0) is 6.42 Å². The van der Waals surface area contributed by atoms with Crippen LogP contribution in [0, 0.1) is 0 Å². The quantitative estimate of drug-likeness (QED) is 0.642. The number of anilines is 1. The second-order valence-electron chi connectivity index (χ2n) is 5.87. The van der Waals surface area contributed by atoms with E-state index in [4.69, 9.17) is 4.74 Å². The molecular weight excluding hydrogens is 298 g/mol. The lowest BCUT2D eigenvalue weighted by Gasteiger charge is -2.12. The molecule has 4 nitrogen and oxygen atoms in total. The van der Waals surface area contributed by atoms with Gasteiger partial charge < -0.3 is 15.0 Å². The van der Waals surface area contributed by atoms with Gasteiger partial charge in [0.1, 0.15) is 5.75 Å². The van der Waals surface area contributed by atoms with Gasteiger partial charge in [0.15, 0.2) is 0 Å². The largest absolute Gasteiger partial charge is 0.493 e. The number of nitrogens with one attached hydrogen (secondary N) is 2. The van der Waals surface area contributed by atoms with E-state index < -0.39 is 0 Å². The van der Waals surface area contributed by atoms with Crippen LogP contribution in [-0.4, -0.2) is 23.1 Å². The highest BCUT2D eigenvalue weighted by atomic mass is 16.5. The van der Waals surface area contributed by atoms with Gasteiger partial charge in [-0.2, -0.15) is 0 Å². The van der Waals surface area contributed by atoms with Gasteiger partial charge in [-0.05, 0) is 60.7 Å². The highest BCUT2D eigenvalue weighted by Crippen LogP contribution is 2.29. The zero-order valence-corrected chi connectivity index (χ0v) is 14.6. The molecule has 0 saturated heterocycles. The molecule has 0 aliphatic heterocycles. The molecule has 3 rings (SSSR count). The summed E-state index contributed by atoms with van der Waals surface area (Å²) < 4.78 is 5.84. The predicted octanol–water partition coefficient (Wildman–Crippen LogP) is 5.01. The van der Waals surface area contributed by atoms with E-state index in [0.29, 0.717) is 0 Å². The van der Waals surface area contributed by atoms with E-state index in [1.54, 1.807) is 0 Å². The summed E-state index contributed by atoms with van der Waals surface area (Å²) in [5.41, 5.74) is 5.67. The number of hydrogen-bond acceptors (Lipinski definition) is 3. The molecule has 1 aromatic heterocycles. The number of benzene rings is 2. The molecule has 0 radical (unpaired) electrons. The average molecular weight is 323 g/mol. The van der Waals surface area contributed by atoms with Crippen molar-refractivity contribution in [2.24, 2.45) is 0 Å². The second kappa shape index (κ2) is 7.39. The van der Waals surface area contributed by atoms with E-state index in [-0.39, 0.29) is 0 Å². The summed E-state index contributed by atoms with van der Waals surface area (Å²) in [6, 6.07) is 12.8. The minimum Gasteiger partial charge on any atom is -0.493 e. The Morgan fingerprint density at radius 3 is 2.58 bits per heavy atom. The summed E-state index contributed by atoms with van der Waals surface area (Å²) in [7, 11) is 0. The fraction of sp³-hybridized carbons (Fsp3) is 0.350. The number of hydrogen-bond donors (Lipinski definition) is 2. The normalized spacial score (nSPS) is 11.0. The van der Waals surface area contributed by atoms with Crippen LogP contribution in [0.25, 0.3) is 22.2 Å². The summed E-state index contributed by atoms with van der Waals surface area (Å²) in [6.45, 7) is 7.97. The highest BCUT2D eigenvalue weighted by Gasteiger charge is 2.08. The molecule has 2 aromatic carbocycles. The Morgan fingerprint density at radius 2 is 1.83 bits per heavy atom. The third-order valence-corrected chi connectivity index (χ3v) is 4.06. The van der Waals surface area contributed by atoms with Crippen molar-refractivity contribution in [3.63, 3.8) is 0 Å². The number of imidazole rings is 1. The van der Waals surface area contributed by atoms with Crippen LogP contribution < -0.4 is 10.1 Å². The average Bonchev–Trinajstić information content (AvgIpc) is 3.01. The monoisotopic (exact) mass is 323 g/mol. The standard InChI is InChI=1S/C20H25N3O/c1-4-11-24-19-10-8-15(12-14(19)5-2)16-7-9-17-18(13-16)23-20(22-17)21-6-3/h7-10,12-13H,4-6,11H2,1-3H3,(H2,21,22,23). The van der Waals surface area contributed by atoms with E-state index in [2.05, 4.69) is 72.5 Å². The first kappa shape index (κ1) is 16.4. The van der Waals surface area contributed by atoms with Crippen molar-refractivity contribution < 1.29 is 4.74 Å². The van der Waals surface area contributed by atoms with Gasteiger partial charge in [-0.25, -0.2) is 4.98 Å². The van der Waals surface area contributed by atoms with Crippen molar-refractivity contribution in [3.05, 3.63) is 42.0 Å². The maximum absolute atomic E-state index is 5.84. The van der Waals surface area contributed by atoms with Crippen LogP contribution in [0.4, 0.5) is 5.95 Å². The summed E-state index contributed by atoms with van der Waals surface area (Å²) >= 11 is 0. The summed E-state index contributed by atoms with van der Waals surface area (Å²) in [4.78, 5) is 7.86. The Balaban J connectivity index is 1.94. The smallest absolute Gasteiger partial charge is 0.201 e. The van der Waals surface area contributed by atoms with Crippen LogP contribution in [0.1, 0.15) is 32.8 Å². The third kappa shape index (κ3) is 3.37. The molecule has 0 bridgehead atoms. The minimum atomic E-state index is 0.764. The maximum Gasteiger partial charge on any atom is 0.201 e. The van der Waals surface area contributed by atoms with Gasteiger partial charge in [0.05, 0.1) is 17.6 Å². The van der Waals surface area contributed by atoms with E-state index >= 15 is 0 Å². The first-order valence-corrected chi connectivity index (χ1v) is 8.74. The lowest BCUT2D eigenvalue weighted by Crippen LogP contribution is -1.98. The van der Waals surface area contributed by atoms with Gasteiger partial charge in [-0.15, -0.1) is 0 Å². The molecule has 0 aliphatic carbocycles. The number of H-pyrrole nitrogens is 1. The predicted molar refractivity (Wildman–Crippen MR) is 101 cm³/mol. The van der Waals surface area contributed by atoms with Crippen LogP contribution in [0.3, 0.4) is 0 Å². The minimum absolute atomic E-state index is 0.764. The molecule has 0 atom stereocenters. The summed E-state index contributed by atoms with van der Waals surface area (Å²) in [5, 5.41) is 3.22. The van der Waals surface area contributed by atoms with Crippen molar-refractivity contribution in [2.75, 3.05) is 18.5 Å². The number of aryl methyl sites for hydroxylation is 1. The Kier molecular flexibility index (Phi) is 5.04. The number of aromatic amines is 1. The van der Waals surface area contributed by atoms with Crippen molar-refractivity contribution >= 4 is 17.0 Å². The molecule has 0 unspecified atom stereocenters. The Bertz CT molecular complexity index is 823. The van der Waals surface area contributed by atoms with Crippen LogP contribution in [0.15, 0.2) is 36.4 Å². The molecule has 4 heteroatoms. The molecule has 0 saturated carbocycles. The fourth-order valence-corrected chi connectivity index (χ4v) is 2.83. The van der Waals surface area contributed by atoms with E-state index in [1.807, 2.05) is 0 Å². The second-order valence-corrected chi connectivity index (χ2v) is 5.87. The molecule has 0 aliphatic rings. The van der Waals surface area contributed by atoms with Gasteiger partial charge >= 0.3 is 0 Å². The zero-order chi connectivity index (χ0) is 16.9. The molecule has 3 aromatic rings. The van der Waals surface area contributed by atoms with Gasteiger partial charge in [0.2, 0.25) is 5.95 Å². The summed E-state index contributed by atoms with van der Waals surface area (Å²) in [6.07, 6.45) is 1.99. The third-order valence-electron chi connectivity index (χ3n) is 4.06. The molecule has 0 amide bonds. The fourth-order valence-electron chi connectivity index (χ4n) is 2.83. The van der Waals surface area contributed by atoms with Gasteiger partial charge in [-0.3, -0.25) is 0 Å². The van der Waals surface area contributed by atoms with Crippen LogP contribution >= 0.6 is 0 Å². The summed E-state index contributed by atoms with van der Waals surface area (Å²) in [5.74, 6) is 1.82. The van der Waals surface area contributed by atoms with Crippen molar-refractivity contribution in [2.45, 2.75) is 33.6 Å². The first-order chi connectivity index (χ1) is 11.7. The van der Waals surface area contributed by atoms with Crippen molar-refractivity contribution in [1.29, 1.82) is 0 Å². The molecule has 2 N–H and O–H groups in total. The molecule has 24 heavy (non-hydrogen) atoms. The van der Waals surface area contributed by atoms with Gasteiger partial charge in [-0.1, -0.05) is 26.0 Å². The van der Waals surface area contributed by atoms with E-state index in [9.17, 15) is 0 Å². The number of nitrogens with zero attached hydrogens (tertiary/aromatic N) is 1.